The molecule has 0 aromatic heterocycles. The van der Waals surface area contributed by atoms with E-state index >= 15 is 0 Å². The number of hydrogen-bond donors (Lipinski definition) is 0. The number of carbonyl (C=O) groups is 2. The smallest absolute Gasteiger partial charge is 0.431 e. The van der Waals surface area contributed by atoms with Crippen molar-refractivity contribution in [1.29, 1.82) is 0 Å². The first-order valence-corrected chi connectivity index (χ1v) is 9.43. The molecule has 7 nitrogen and oxygen atoms in total. The summed E-state index contributed by atoms with van der Waals surface area (Å²) in [6, 6.07) is 0. The van der Waals surface area contributed by atoms with Crippen LogP contribution in [0.25, 0.3) is 0 Å². The summed E-state index contributed by atoms with van der Waals surface area (Å²) in [6.45, 7) is 3.10. The van der Waals surface area contributed by atoms with E-state index in [1.807, 2.05) is 0 Å². The first-order valence-electron chi connectivity index (χ1n) is 9.43. The molecule has 0 spiro atoms. The van der Waals surface area contributed by atoms with E-state index in [0.29, 0.717) is 0 Å². The van der Waals surface area contributed by atoms with E-state index in [9.17, 15) is 9.59 Å². The van der Waals surface area contributed by atoms with Gasteiger partial charge in [0.05, 0.1) is 0 Å². The molecule has 0 saturated heterocycles. The maximum atomic E-state index is 11.7. The Bertz CT molecular complexity index is 376. The summed E-state index contributed by atoms with van der Waals surface area (Å²) in [5, 5.41) is 0. The van der Waals surface area contributed by atoms with Gasteiger partial charge in [-0.2, -0.15) is 0 Å². The minimum Gasteiger partial charge on any atom is -0.431 e. The fourth-order valence-electron chi connectivity index (χ4n) is 3.29. The third-order valence-electron chi connectivity index (χ3n) is 4.54. The Morgan fingerprint density at radius 1 is 0.680 bits per heavy atom. The van der Waals surface area contributed by atoms with Crippen molar-refractivity contribution in [3.63, 3.8) is 0 Å². The van der Waals surface area contributed by atoms with Gasteiger partial charge >= 0.3 is 12.3 Å². The molecule has 2 aliphatic carbocycles. The molecule has 25 heavy (non-hydrogen) atoms. The van der Waals surface area contributed by atoms with Crippen molar-refractivity contribution in [2.24, 2.45) is 0 Å². The van der Waals surface area contributed by atoms with Crippen LogP contribution < -0.4 is 0 Å². The van der Waals surface area contributed by atoms with Gasteiger partial charge in [0.15, 0.2) is 0 Å². The predicted molar refractivity (Wildman–Crippen MR) is 88.9 cm³/mol. The number of carbonyl (C=O) groups excluding carboxylic acids is 2. The van der Waals surface area contributed by atoms with E-state index in [1.54, 1.807) is 13.8 Å². The highest BCUT2D eigenvalue weighted by Gasteiger charge is 2.23. The molecule has 0 amide bonds. The summed E-state index contributed by atoms with van der Waals surface area (Å²) < 4.78 is 25.9. The summed E-state index contributed by atoms with van der Waals surface area (Å²) in [5.74, 6) is 0. The quantitative estimate of drug-likeness (QED) is 0.504. The summed E-state index contributed by atoms with van der Waals surface area (Å²) in [5.41, 5.74) is 0. The van der Waals surface area contributed by atoms with E-state index in [1.165, 1.54) is 12.8 Å². The van der Waals surface area contributed by atoms with Gasteiger partial charge in [0.25, 0.3) is 0 Å². The van der Waals surface area contributed by atoms with Gasteiger partial charge in [-0.05, 0) is 65.2 Å². The molecule has 2 aliphatic rings. The largest absolute Gasteiger partial charge is 0.510 e. The Hall–Kier alpha value is -1.50. The molecule has 0 bridgehead atoms. The van der Waals surface area contributed by atoms with Gasteiger partial charge in [-0.15, -0.1) is 0 Å². The second-order valence-corrected chi connectivity index (χ2v) is 6.76. The third kappa shape index (κ3) is 7.94. The summed E-state index contributed by atoms with van der Waals surface area (Å²) in [4.78, 5) is 23.5. The fraction of sp³-hybridized carbons (Fsp3) is 0.889. The van der Waals surface area contributed by atoms with Gasteiger partial charge in [0, 0.05) is 0 Å². The number of hydrogen-bond acceptors (Lipinski definition) is 7. The van der Waals surface area contributed by atoms with Crippen LogP contribution in [0.2, 0.25) is 0 Å². The van der Waals surface area contributed by atoms with Gasteiger partial charge in [-0.3, -0.25) is 0 Å². The Kier molecular flexibility index (Phi) is 8.31. The monoisotopic (exact) mass is 358 g/mol. The van der Waals surface area contributed by atoms with Gasteiger partial charge in [-0.1, -0.05) is 12.8 Å². The molecule has 144 valence electrons. The molecule has 2 rings (SSSR count). The molecule has 0 heterocycles. The maximum absolute atomic E-state index is 11.7. The van der Waals surface area contributed by atoms with Crippen LogP contribution in [-0.4, -0.2) is 37.1 Å². The average molecular weight is 358 g/mol. The van der Waals surface area contributed by atoms with Crippen LogP contribution in [0.5, 0.6) is 0 Å². The van der Waals surface area contributed by atoms with Gasteiger partial charge in [0.2, 0.25) is 12.6 Å². The van der Waals surface area contributed by atoms with Crippen molar-refractivity contribution < 1.29 is 33.3 Å². The molecule has 0 aliphatic heterocycles. The molecule has 0 radical (unpaired) electrons. The molecule has 7 heteroatoms. The normalized spacial score (nSPS) is 21.8. The van der Waals surface area contributed by atoms with Gasteiger partial charge in [-0.25, -0.2) is 9.59 Å². The molecule has 2 saturated carbocycles. The van der Waals surface area contributed by atoms with Crippen LogP contribution in [0.15, 0.2) is 0 Å². The van der Waals surface area contributed by atoms with Crippen molar-refractivity contribution in [3.05, 3.63) is 0 Å². The number of ether oxygens (including phenoxy) is 5. The average Bonchev–Trinajstić information content (AvgIpc) is 2.55. The third-order valence-corrected chi connectivity index (χ3v) is 4.54. The summed E-state index contributed by atoms with van der Waals surface area (Å²) >= 11 is 0. The lowest BCUT2D eigenvalue weighted by molar-refractivity contribution is -0.207. The summed E-state index contributed by atoms with van der Waals surface area (Å²) in [6.07, 6.45) is 6.70. The molecule has 0 N–H and O–H groups in total. The van der Waals surface area contributed by atoms with Crippen molar-refractivity contribution in [3.8, 4) is 0 Å². The van der Waals surface area contributed by atoms with Crippen LogP contribution in [0, 0.1) is 0 Å². The lowest BCUT2D eigenvalue weighted by atomic mass is 9.98. The predicted octanol–water partition coefficient (Wildman–Crippen LogP) is 4.67. The van der Waals surface area contributed by atoms with E-state index in [2.05, 4.69) is 0 Å². The first-order chi connectivity index (χ1) is 12.0. The molecule has 2 atom stereocenters. The lowest BCUT2D eigenvalue weighted by Gasteiger charge is -2.24. The van der Waals surface area contributed by atoms with Crippen LogP contribution >= 0.6 is 0 Å². The van der Waals surface area contributed by atoms with E-state index < -0.39 is 24.9 Å². The van der Waals surface area contributed by atoms with Crippen LogP contribution in [0.1, 0.15) is 78.1 Å². The molecule has 0 aromatic rings. The van der Waals surface area contributed by atoms with Crippen LogP contribution in [0.3, 0.4) is 0 Å². The maximum Gasteiger partial charge on any atom is 0.510 e. The topological polar surface area (TPSA) is 80.3 Å². The first kappa shape index (κ1) is 19.8. The molecule has 2 fully saturated rings. The van der Waals surface area contributed by atoms with E-state index in [-0.39, 0.29) is 12.2 Å². The second kappa shape index (κ2) is 10.5. The van der Waals surface area contributed by atoms with E-state index in [4.69, 9.17) is 23.7 Å². The zero-order valence-electron chi connectivity index (χ0n) is 15.2. The standard InChI is InChI=1S/C18H30O7/c1-13(22-17(19)24-15-9-5-3-6-10-15)21-14(2)23-18(20)25-16-11-7-4-8-12-16/h13-16H,3-12H2,1-2H3/t13-,14-/m0/s1. The number of rotatable bonds is 6. The lowest BCUT2D eigenvalue weighted by Crippen LogP contribution is -2.30. The molecular formula is C18H30O7. The van der Waals surface area contributed by atoms with Crippen LogP contribution in [-0.2, 0) is 23.7 Å². The Morgan fingerprint density at radius 3 is 1.40 bits per heavy atom. The molecular weight excluding hydrogens is 328 g/mol. The minimum absolute atomic E-state index is 0.0763. The zero-order valence-corrected chi connectivity index (χ0v) is 15.2. The van der Waals surface area contributed by atoms with Gasteiger partial charge < -0.3 is 23.7 Å². The Morgan fingerprint density at radius 2 is 1.04 bits per heavy atom. The van der Waals surface area contributed by atoms with Crippen molar-refractivity contribution in [2.75, 3.05) is 0 Å². The second-order valence-electron chi connectivity index (χ2n) is 6.76. The highest BCUT2D eigenvalue weighted by atomic mass is 16.8. The highest BCUT2D eigenvalue weighted by Crippen LogP contribution is 2.22. The Balaban J connectivity index is 1.60. The zero-order chi connectivity index (χ0) is 18.1. The fourth-order valence-corrected chi connectivity index (χ4v) is 3.29. The van der Waals surface area contributed by atoms with Crippen molar-refractivity contribution >= 4 is 12.3 Å². The molecule has 0 unspecified atom stereocenters. The van der Waals surface area contributed by atoms with Gasteiger partial charge in [0.1, 0.15) is 12.2 Å². The van der Waals surface area contributed by atoms with Crippen LogP contribution in [0.4, 0.5) is 9.59 Å². The van der Waals surface area contributed by atoms with E-state index in [0.717, 1.165) is 51.4 Å². The van der Waals surface area contributed by atoms with Crippen molar-refractivity contribution in [2.45, 2.75) is 103 Å². The van der Waals surface area contributed by atoms with Crippen molar-refractivity contribution in [1.82, 2.24) is 0 Å². The Labute approximate surface area is 149 Å². The SMILES string of the molecule is C[C@H](OC(=O)OC1CCCCC1)O[C@H](C)OC(=O)OC1CCCCC1. The summed E-state index contributed by atoms with van der Waals surface area (Å²) in [7, 11) is 0. The highest BCUT2D eigenvalue weighted by molar-refractivity contribution is 5.60. The minimum atomic E-state index is -0.881. The molecule has 0 aromatic carbocycles.